The Balaban J connectivity index is 1.94. The molecule has 7 heteroatoms. The molecule has 1 aromatic rings. The molecule has 100 valence electrons. The first-order chi connectivity index (χ1) is 8.47. The molecule has 1 N–H and O–H groups in total. The average Bonchev–Trinajstić information content (AvgIpc) is 2.87. The third kappa shape index (κ3) is 3.23. The lowest BCUT2D eigenvalue weighted by atomic mass is 10.2. The maximum Gasteiger partial charge on any atom is 0.389 e. The van der Waals surface area contributed by atoms with Gasteiger partial charge in [0.2, 0.25) is 5.91 Å². The van der Waals surface area contributed by atoms with Crippen molar-refractivity contribution in [1.82, 2.24) is 10.2 Å². The van der Waals surface area contributed by atoms with E-state index in [0.29, 0.717) is 0 Å². The molecule has 0 radical (unpaired) electrons. The number of halogens is 3. The highest BCUT2D eigenvalue weighted by Gasteiger charge is 2.33. The van der Waals surface area contributed by atoms with Gasteiger partial charge in [-0.15, -0.1) is 11.3 Å². The highest BCUT2D eigenvalue weighted by atomic mass is 32.1. The van der Waals surface area contributed by atoms with Gasteiger partial charge in [0.15, 0.2) is 0 Å². The van der Waals surface area contributed by atoms with Crippen LogP contribution in [-0.4, -0.2) is 30.1 Å². The van der Waals surface area contributed by atoms with E-state index in [1.807, 2.05) is 17.5 Å². The number of amides is 1. The topological polar surface area (TPSA) is 32.3 Å². The number of thiophene rings is 1. The SMILES string of the molecule is O=C1CNC(c2cccs2)N1CCCC(F)(F)F. The first-order valence-corrected chi connectivity index (χ1v) is 6.48. The van der Waals surface area contributed by atoms with Gasteiger partial charge in [-0.2, -0.15) is 13.2 Å². The van der Waals surface area contributed by atoms with Gasteiger partial charge in [0.25, 0.3) is 0 Å². The minimum absolute atomic E-state index is 0.0568. The average molecular weight is 278 g/mol. The molecule has 0 aromatic carbocycles. The van der Waals surface area contributed by atoms with Crippen molar-refractivity contribution in [3.63, 3.8) is 0 Å². The lowest BCUT2D eigenvalue weighted by Crippen LogP contribution is -2.31. The van der Waals surface area contributed by atoms with E-state index in [1.165, 1.54) is 16.2 Å². The third-order valence-corrected chi connectivity index (χ3v) is 3.68. The Hall–Kier alpha value is -1.08. The summed E-state index contributed by atoms with van der Waals surface area (Å²) in [6, 6.07) is 3.73. The predicted octanol–water partition coefficient (Wildman–Crippen LogP) is 2.52. The summed E-state index contributed by atoms with van der Waals surface area (Å²) in [5.41, 5.74) is 0. The van der Waals surface area contributed by atoms with Crippen LogP contribution in [0.4, 0.5) is 13.2 Å². The van der Waals surface area contributed by atoms with Crippen molar-refractivity contribution in [2.45, 2.75) is 25.2 Å². The standard InChI is InChI=1S/C11H13F3N2OS/c12-11(13,14)4-2-5-16-9(17)7-15-10(16)8-3-1-6-18-8/h1,3,6,10,15H,2,4-5,7H2. The fourth-order valence-electron chi connectivity index (χ4n) is 1.94. The van der Waals surface area contributed by atoms with Crippen LogP contribution in [0.15, 0.2) is 17.5 Å². The molecule has 0 aliphatic carbocycles. The largest absolute Gasteiger partial charge is 0.389 e. The maximum atomic E-state index is 12.1. The van der Waals surface area contributed by atoms with Crippen LogP contribution in [0.5, 0.6) is 0 Å². The smallest absolute Gasteiger partial charge is 0.321 e. The summed E-state index contributed by atoms with van der Waals surface area (Å²) in [5.74, 6) is -0.143. The summed E-state index contributed by atoms with van der Waals surface area (Å²) in [4.78, 5) is 14.1. The zero-order chi connectivity index (χ0) is 13.2. The van der Waals surface area contributed by atoms with Gasteiger partial charge in [-0.3, -0.25) is 10.1 Å². The van der Waals surface area contributed by atoms with E-state index in [-0.39, 0.29) is 31.6 Å². The van der Waals surface area contributed by atoms with Gasteiger partial charge in [0.05, 0.1) is 6.54 Å². The second-order valence-corrected chi connectivity index (χ2v) is 5.08. The van der Waals surface area contributed by atoms with Gasteiger partial charge in [-0.1, -0.05) is 6.07 Å². The van der Waals surface area contributed by atoms with Crippen LogP contribution in [0.25, 0.3) is 0 Å². The second-order valence-electron chi connectivity index (χ2n) is 4.10. The number of rotatable bonds is 4. The number of carbonyl (C=O) groups is 1. The van der Waals surface area contributed by atoms with Gasteiger partial charge < -0.3 is 4.90 Å². The van der Waals surface area contributed by atoms with Crippen molar-refractivity contribution < 1.29 is 18.0 Å². The number of alkyl halides is 3. The molecule has 18 heavy (non-hydrogen) atoms. The summed E-state index contributed by atoms with van der Waals surface area (Å²) in [7, 11) is 0. The first kappa shape index (κ1) is 13.4. The quantitative estimate of drug-likeness (QED) is 0.918. The highest BCUT2D eigenvalue weighted by molar-refractivity contribution is 7.10. The molecule has 1 amide bonds. The van der Waals surface area contributed by atoms with Crippen molar-refractivity contribution in [3.8, 4) is 0 Å². The van der Waals surface area contributed by atoms with Crippen LogP contribution in [0, 0.1) is 0 Å². The molecular weight excluding hydrogens is 265 g/mol. The predicted molar refractivity (Wildman–Crippen MR) is 62.1 cm³/mol. The zero-order valence-corrected chi connectivity index (χ0v) is 10.4. The minimum atomic E-state index is -4.16. The molecule has 1 saturated heterocycles. The van der Waals surface area contributed by atoms with Crippen molar-refractivity contribution >= 4 is 17.2 Å². The Morgan fingerprint density at radius 1 is 1.50 bits per heavy atom. The molecule has 0 bridgehead atoms. The van der Waals surface area contributed by atoms with Crippen LogP contribution in [0.3, 0.4) is 0 Å². The maximum absolute atomic E-state index is 12.1. The number of carbonyl (C=O) groups excluding carboxylic acids is 1. The first-order valence-electron chi connectivity index (χ1n) is 5.60. The number of nitrogens with one attached hydrogen (secondary N) is 1. The summed E-state index contributed by atoms with van der Waals surface area (Å²) in [6.45, 7) is 0.322. The number of hydrogen-bond donors (Lipinski definition) is 1. The molecule has 3 nitrogen and oxygen atoms in total. The molecule has 1 unspecified atom stereocenters. The monoisotopic (exact) mass is 278 g/mol. The highest BCUT2D eigenvalue weighted by Crippen LogP contribution is 2.28. The third-order valence-electron chi connectivity index (χ3n) is 2.75. The molecule has 0 saturated carbocycles. The van der Waals surface area contributed by atoms with Crippen LogP contribution >= 0.6 is 11.3 Å². The second kappa shape index (κ2) is 5.27. The van der Waals surface area contributed by atoms with Crippen molar-refractivity contribution in [3.05, 3.63) is 22.4 Å². The zero-order valence-electron chi connectivity index (χ0n) is 9.54. The molecule has 0 spiro atoms. The van der Waals surface area contributed by atoms with Crippen molar-refractivity contribution in [2.24, 2.45) is 0 Å². The summed E-state index contributed by atoms with van der Waals surface area (Å²) in [5, 5.41) is 4.89. The minimum Gasteiger partial charge on any atom is -0.321 e. The molecular formula is C11H13F3N2OS. The van der Waals surface area contributed by atoms with E-state index < -0.39 is 12.6 Å². The van der Waals surface area contributed by atoms with Crippen LogP contribution < -0.4 is 5.32 Å². The fraction of sp³-hybridized carbons (Fsp3) is 0.545. The van der Waals surface area contributed by atoms with E-state index in [0.717, 1.165) is 4.88 Å². The molecule has 1 aliphatic rings. The number of hydrogen-bond acceptors (Lipinski definition) is 3. The van der Waals surface area contributed by atoms with E-state index in [4.69, 9.17) is 0 Å². The summed E-state index contributed by atoms with van der Waals surface area (Å²) < 4.78 is 36.2. The summed E-state index contributed by atoms with van der Waals surface area (Å²) >= 11 is 1.49. The summed E-state index contributed by atoms with van der Waals surface area (Å²) in [6.07, 6.45) is -5.34. The normalized spacial score (nSPS) is 20.7. The van der Waals surface area contributed by atoms with Crippen molar-refractivity contribution in [1.29, 1.82) is 0 Å². The molecule has 1 atom stereocenters. The van der Waals surface area contributed by atoms with E-state index in [9.17, 15) is 18.0 Å². The van der Waals surface area contributed by atoms with Crippen LogP contribution in [0.2, 0.25) is 0 Å². The number of nitrogens with zero attached hydrogens (tertiary/aromatic N) is 1. The molecule has 1 fully saturated rings. The van der Waals surface area contributed by atoms with E-state index in [1.54, 1.807) is 0 Å². The lowest BCUT2D eigenvalue weighted by molar-refractivity contribution is -0.139. The van der Waals surface area contributed by atoms with E-state index >= 15 is 0 Å². The molecule has 2 rings (SSSR count). The van der Waals surface area contributed by atoms with Gasteiger partial charge in [0.1, 0.15) is 6.17 Å². The van der Waals surface area contributed by atoms with E-state index in [2.05, 4.69) is 5.32 Å². The van der Waals surface area contributed by atoms with Gasteiger partial charge in [-0.05, 0) is 17.9 Å². The fourth-order valence-corrected chi connectivity index (χ4v) is 2.76. The van der Waals surface area contributed by atoms with Gasteiger partial charge in [0, 0.05) is 17.8 Å². The van der Waals surface area contributed by atoms with Gasteiger partial charge >= 0.3 is 6.18 Å². The molecule has 2 heterocycles. The van der Waals surface area contributed by atoms with Crippen LogP contribution in [0.1, 0.15) is 23.9 Å². The Labute approximate surface area is 107 Å². The lowest BCUT2D eigenvalue weighted by Gasteiger charge is -2.23. The molecule has 1 aromatic heterocycles. The Bertz CT molecular complexity index is 405. The Morgan fingerprint density at radius 2 is 2.28 bits per heavy atom. The van der Waals surface area contributed by atoms with Gasteiger partial charge in [-0.25, -0.2) is 0 Å². The van der Waals surface area contributed by atoms with Crippen molar-refractivity contribution in [2.75, 3.05) is 13.1 Å². The molecule has 1 aliphatic heterocycles. The van der Waals surface area contributed by atoms with Crippen LogP contribution in [-0.2, 0) is 4.79 Å². The Kier molecular flexibility index (Phi) is 3.91. The Morgan fingerprint density at radius 3 is 2.89 bits per heavy atom.